The first-order valence-corrected chi connectivity index (χ1v) is 7.30. The van der Waals surface area contributed by atoms with Crippen LogP contribution in [-0.2, 0) is 7.05 Å². The number of halogens is 1. The Balaban J connectivity index is 1.80. The largest absolute Gasteiger partial charge is 0.505 e. The molecule has 4 heteroatoms. The van der Waals surface area contributed by atoms with E-state index >= 15 is 0 Å². The molecule has 0 aliphatic heterocycles. The molecule has 0 radical (unpaired) electrons. The fraction of sp³-hybridized carbons (Fsp3) is 0.105. The molecule has 3 rings (SSSR count). The average molecular weight is 308 g/mol. The van der Waals surface area contributed by atoms with Gasteiger partial charge in [-0.2, -0.15) is 5.10 Å². The maximum atomic E-state index is 13.5. The Morgan fingerprint density at radius 2 is 1.74 bits per heavy atom. The van der Waals surface area contributed by atoms with Gasteiger partial charge >= 0.3 is 0 Å². The molecule has 0 saturated heterocycles. The monoisotopic (exact) mass is 308 g/mol. The first-order valence-electron chi connectivity index (χ1n) is 7.30. The van der Waals surface area contributed by atoms with Crippen LogP contribution in [0, 0.1) is 12.7 Å². The molecule has 3 aromatic rings. The summed E-state index contributed by atoms with van der Waals surface area (Å²) in [6, 6.07) is 13.0. The fourth-order valence-corrected chi connectivity index (χ4v) is 2.39. The quantitative estimate of drug-likeness (QED) is 0.728. The van der Waals surface area contributed by atoms with Crippen LogP contribution < -0.4 is 0 Å². The minimum absolute atomic E-state index is 0.290. The molecule has 0 fully saturated rings. The number of aromatic nitrogens is 2. The fourth-order valence-electron chi connectivity index (χ4n) is 2.39. The van der Waals surface area contributed by atoms with Crippen LogP contribution in [0.1, 0.15) is 16.7 Å². The van der Waals surface area contributed by atoms with Gasteiger partial charge in [-0.15, -0.1) is 0 Å². The van der Waals surface area contributed by atoms with Crippen LogP contribution in [0.5, 0.6) is 5.75 Å². The third-order valence-corrected chi connectivity index (χ3v) is 3.66. The molecule has 0 aliphatic carbocycles. The van der Waals surface area contributed by atoms with Crippen molar-refractivity contribution in [1.82, 2.24) is 9.78 Å². The van der Waals surface area contributed by atoms with E-state index in [0.717, 1.165) is 16.8 Å². The molecule has 23 heavy (non-hydrogen) atoms. The van der Waals surface area contributed by atoms with E-state index < -0.39 is 5.82 Å². The van der Waals surface area contributed by atoms with E-state index in [1.54, 1.807) is 17.7 Å². The van der Waals surface area contributed by atoms with Gasteiger partial charge in [-0.05, 0) is 41.8 Å². The molecular weight excluding hydrogens is 291 g/mol. The molecule has 0 bridgehead atoms. The van der Waals surface area contributed by atoms with Crippen LogP contribution in [-0.4, -0.2) is 14.9 Å². The van der Waals surface area contributed by atoms with Gasteiger partial charge in [-0.3, -0.25) is 4.68 Å². The molecule has 1 N–H and O–H groups in total. The number of benzene rings is 2. The van der Waals surface area contributed by atoms with E-state index in [-0.39, 0.29) is 5.75 Å². The number of nitrogens with zero attached hydrogens (tertiary/aromatic N) is 2. The summed E-state index contributed by atoms with van der Waals surface area (Å²) in [6.07, 6.45) is 5.64. The molecule has 3 nitrogen and oxygen atoms in total. The topological polar surface area (TPSA) is 38.0 Å². The van der Waals surface area contributed by atoms with Gasteiger partial charge in [-0.1, -0.05) is 36.4 Å². The lowest BCUT2D eigenvalue weighted by Gasteiger charge is -2.02. The molecule has 0 unspecified atom stereocenters. The van der Waals surface area contributed by atoms with Crippen molar-refractivity contribution in [2.45, 2.75) is 6.92 Å². The van der Waals surface area contributed by atoms with Gasteiger partial charge in [0.25, 0.3) is 0 Å². The number of phenols is 1. The molecule has 0 atom stereocenters. The van der Waals surface area contributed by atoms with E-state index in [0.29, 0.717) is 11.1 Å². The Morgan fingerprint density at radius 3 is 2.35 bits per heavy atom. The zero-order valence-electron chi connectivity index (χ0n) is 13.0. The van der Waals surface area contributed by atoms with Crippen LogP contribution >= 0.6 is 0 Å². The molecule has 1 aromatic heterocycles. The second kappa shape index (κ2) is 6.08. The van der Waals surface area contributed by atoms with Crippen molar-refractivity contribution < 1.29 is 9.50 Å². The van der Waals surface area contributed by atoms with Crippen molar-refractivity contribution in [3.05, 3.63) is 71.2 Å². The van der Waals surface area contributed by atoms with E-state index in [9.17, 15) is 9.50 Å². The molecule has 0 aliphatic rings. The highest BCUT2D eigenvalue weighted by atomic mass is 19.1. The van der Waals surface area contributed by atoms with Gasteiger partial charge in [0.1, 0.15) is 0 Å². The Labute approximate surface area is 134 Å². The van der Waals surface area contributed by atoms with Crippen molar-refractivity contribution >= 4 is 12.2 Å². The van der Waals surface area contributed by atoms with Crippen LogP contribution in [0.2, 0.25) is 0 Å². The van der Waals surface area contributed by atoms with Gasteiger partial charge in [-0.25, -0.2) is 4.39 Å². The summed E-state index contributed by atoms with van der Waals surface area (Å²) in [6.45, 7) is 1.68. The normalized spacial score (nSPS) is 11.3. The van der Waals surface area contributed by atoms with Crippen molar-refractivity contribution in [1.29, 1.82) is 0 Å². The van der Waals surface area contributed by atoms with E-state index in [1.165, 1.54) is 6.07 Å². The number of hydrogen-bond donors (Lipinski definition) is 1. The second-order valence-electron chi connectivity index (χ2n) is 5.50. The Hall–Kier alpha value is -2.88. The number of hydrogen-bond acceptors (Lipinski definition) is 2. The third-order valence-electron chi connectivity index (χ3n) is 3.66. The molecular formula is C19H17FN2O. The highest BCUT2D eigenvalue weighted by Crippen LogP contribution is 2.23. The smallest absolute Gasteiger partial charge is 0.165 e. The second-order valence-corrected chi connectivity index (χ2v) is 5.50. The predicted molar refractivity (Wildman–Crippen MR) is 90.4 cm³/mol. The Morgan fingerprint density at radius 1 is 1.04 bits per heavy atom. The van der Waals surface area contributed by atoms with Crippen LogP contribution in [0.15, 0.2) is 48.7 Å². The van der Waals surface area contributed by atoms with Gasteiger partial charge in [0.2, 0.25) is 0 Å². The number of aromatic hydroxyl groups is 1. The van der Waals surface area contributed by atoms with Gasteiger partial charge in [0, 0.05) is 18.8 Å². The van der Waals surface area contributed by atoms with Crippen LogP contribution in [0.3, 0.4) is 0 Å². The standard InChI is InChI=1S/C19H17FN2O/c1-13-11-15(12-17(20)19(13)23)4-3-14-5-7-16(8-6-14)18-9-10-22(2)21-18/h3-12,23H,1-2H3/b4-3+. The lowest BCUT2D eigenvalue weighted by atomic mass is 10.1. The van der Waals surface area contributed by atoms with Crippen molar-refractivity contribution in [3.8, 4) is 17.0 Å². The number of aryl methyl sites for hydroxylation is 2. The van der Waals surface area contributed by atoms with E-state index in [2.05, 4.69) is 5.10 Å². The van der Waals surface area contributed by atoms with Crippen LogP contribution in [0.4, 0.5) is 4.39 Å². The maximum absolute atomic E-state index is 13.5. The Kier molecular flexibility index (Phi) is 3.98. The lowest BCUT2D eigenvalue weighted by Crippen LogP contribution is -1.87. The first kappa shape index (κ1) is 15.0. The van der Waals surface area contributed by atoms with Gasteiger partial charge < -0.3 is 5.11 Å². The predicted octanol–water partition coefficient (Wildman–Crippen LogP) is 4.41. The minimum atomic E-state index is -0.602. The maximum Gasteiger partial charge on any atom is 0.165 e. The summed E-state index contributed by atoms with van der Waals surface area (Å²) in [5.41, 5.74) is 4.23. The summed E-state index contributed by atoms with van der Waals surface area (Å²) >= 11 is 0. The van der Waals surface area contributed by atoms with Crippen molar-refractivity contribution in [2.24, 2.45) is 7.05 Å². The van der Waals surface area contributed by atoms with E-state index in [4.69, 9.17) is 0 Å². The van der Waals surface area contributed by atoms with Crippen LogP contribution in [0.25, 0.3) is 23.4 Å². The SMILES string of the molecule is Cc1cc(/C=C/c2ccc(-c3ccn(C)n3)cc2)cc(F)c1O. The zero-order valence-corrected chi connectivity index (χ0v) is 13.0. The summed E-state index contributed by atoms with van der Waals surface area (Å²) in [7, 11) is 1.89. The molecule has 2 aromatic carbocycles. The summed E-state index contributed by atoms with van der Waals surface area (Å²) < 4.78 is 15.3. The van der Waals surface area contributed by atoms with Gasteiger partial charge in [0.15, 0.2) is 11.6 Å². The van der Waals surface area contributed by atoms with Crippen molar-refractivity contribution in [2.75, 3.05) is 0 Å². The minimum Gasteiger partial charge on any atom is -0.505 e. The molecule has 116 valence electrons. The highest BCUT2D eigenvalue weighted by Gasteiger charge is 2.04. The summed E-state index contributed by atoms with van der Waals surface area (Å²) in [5.74, 6) is -0.892. The molecule has 0 amide bonds. The average Bonchev–Trinajstić information content (AvgIpc) is 2.97. The zero-order chi connectivity index (χ0) is 16.4. The lowest BCUT2D eigenvalue weighted by molar-refractivity contribution is 0.428. The summed E-state index contributed by atoms with van der Waals surface area (Å²) in [5, 5.41) is 13.8. The number of rotatable bonds is 3. The summed E-state index contributed by atoms with van der Waals surface area (Å²) in [4.78, 5) is 0. The molecule has 1 heterocycles. The molecule has 0 saturated carbocycles. The molecule has 0 spiro atoms. The first-order chi connectivity index (χ1) is 11.0. The highest BCUT2D eigenvalue weighted by molar-refractivity contribution is 5.72. The van der Waals surface area contributed by atoms with E-state index in [1.807, 2.05) is 55.7 Å². The number of phenolic OH excluding ortho intramolecular Hbond substituents is 1. The Bertz CT molecular complexity index is 840. The third kappa shape index (κ3) is 3.31. The van der Waals surface area contributed by atoms with Crippen molar-refractivity contribution in [3.63, 3.8) is 0 Å². The van der Waals surface area contributed by atoms with Gasteiger partial charge in [0.05, 0.1) is 5.69 Å².